The molecule has 1 atom stereocenters. The van der Waals surface area contributed by atoms with Crippen molar-refractivity contribution in [2.45, 2.75) is 19.0 Å². The first kappa shape index (κ1) is 19.0. The lowest BCUT2D eigenvalue weighted by atomic mass is 10.0. The van der Waals surface area contributed by atoms with Gasteiger partial charge in [0, 0.05) is 32.2 Å². The lowest BCUT2D eigenvalue weighted by Gasteiger charge is -2.41. The number of rotatable bonds is 6. The number of fused-ring (bicyclic) bond motifs is 2. The molecule has 158 valence electrons. The molecule has 1 saturated heterocycles. The van der Waals surface area contributed by atoms with Gasteiger partial charge < -0.3 is 24.7 Å². The number of nitrogens with two attached hydrogens (primary N) is 1. The molecular weight excluding hydrogens is 384 g/mol. The van der Waals surface area contributed by atoms with Crippen LogP contribution in [0.3, 0.4) is 0 Å². The summed E-state index contributed by atoms with van der Waals surface area (Å²) in [6, 6.07) is 12.5. The highest BCUT2D eigenvalue weighted by molar-refractivity contribution is 5.79. The number of piperazine rings is 1. The molecule has 0 aliphatic carbocycles. The van der Waals surface area contributed by atoms with Crippen molar-refractivity contribution in [1.29, 1.82) is 5.41 Å². The number of nitrogens with one attached hydrogen (secondary N) is 1. The monoisotopic (exact) mass is 410 g/mol. The van der Waals surface area contributed by atoms with Crippen molar-refractivity contribution < 1.29 is 18.9 Å². The van der Waals surface area contributed by atoms with E-state index in [0.29, 0.717) is 13.3 Å². The maximum Gasteiger partial charge on any atom is 0.231 e. The van der Waals surface area contributed by atoms with Crippen LogP contribution in [0.15, 0.2) is 36.4 Å². The third kappa shape index (κ3) is 4.01. The fraction of sp³-hybridized carbons (Fsp3) is 0.409. The summed E-state index contributed by atoms with van der Waals surface area (Å²) in [5, 5.41) is 7.76. The molecule has 3 aliphatic rings. The molecule has 3 N–H and O–H groups in total. The van der Waals surface area contributed by atoms with E-state index < -0.39 is 0 Å². The maximum atomic E-state index is 7.76. The second-order valence-electron chi connectivity index (χ2n) is 7.96. The largest absolute Gasteiger partial charge is 0.454 e. The Bertz CT molecular complexity index is 951. The van der Waals surface area contributed by atoms with E-state index in [1.54, 1.807) is 0 Å². The summed E-state index contributed by atoms with van der Waals surface area (Å²) in [5.74, 6) is 3.44. The molecule has 3 heterocycles. The van der Waals surface area contributed by atoms with E-state index in [1.165, 1.54) is 11.1 Å². The molecule has 1 fully saturated rings. The molecule has 0 bridgehead atoms. The van der Waals surface area contributed by atoms with Gasteiger partial charge in [-0.3, -0.25) is 15.2 Å². The smallest absolute Gasteiger partial charge is 0.231 e. The van der Waals surface area contributed by atoms with Crippen LogP contribution < -0.4 is 24.7 Å². The van der Waals surface area contributed by atoms with Gasteiger partial charge in [0.05, 0.1) is 6.54 Å². The van der Waals surface area contributed by atoms with Gasteiger partial charge in [0.1, 0.15) is 5.84 Å². The van der Waals surface area contributed by atoms with E-state index >= 15 is 0 Å². The van der Waals surface area contributed by atoms with E-state index in [2.05, 4.69) is 34.1 Å². The first-order valence-electron chi connectivity index (χ1n) is 10.2. The second kappa shape index (κ2) is 8.04. The molecule has 30 heavy (non-hydrogen) atoms. The zero-order valence-corrected chi connectivity index (χ0v) is 16.8. The Morgan fingerprint density at radius 2 is 1.53 bits per heavy atom. The molecule has 0 spiro atoms. The molecular formula is C22H26N4O4. The zero-order chi connectivity index (χ0) is 20.5. The Hall–Kier alpha value is -2.97. The van der Waals surface area contributed by atoms with E-state index in [9.17, 15) is 0 Å². The predicted molar refractivity (Wildman–Crippen MR) is 111 cm³/mol. The first-order valence-corrected chi connectivity index (χ1v) is 10.2. The van der Waals surface area contributed by atoms with Crippen molar-refractivity contribution in [3.63, 3.8) is 0 Å². The van der Waals surface area contributed by atoms with Gasteiger partial charge in [-0.1, -0.05) is 12.1 Å². The van der Waals surface area contributed by atoms with E-state index in [0.717, 1.165) is 55.6 Å². The Morgan fingerprint density at radius 1 is 0.900 bits per heavy atom. The van der Waals surface area contributed by atoms with Gasteiger partial charge in [0.2, 0.25) is 13.6 Å². The van der Waals surface area contributed by atoms with Crippen molar-refractivity contribution in [3.8, 4) is 23.0 Å². The SMILES string of the molecule is N=C(N)CN1CCN(Cc2ccc3c(c2)OCO3)CC1Cc1ccc2c(c1)OCO2. The number of nitrogens with zero attached hydrogens (tertiary/aromatic N) is 2. The van der Waals surface area contributed by atoms with Crippen LogP contribution in [0.25, 0.3) is 0 Å². The van der Waals surface area contributed by atoms with Crippen LogP contribution in [0.2, 0.25) is 0 Å². The van der Waals surface area contributed by atoms with Gasteiger partial charge in [-0.05, 0) is 41.8 Å². The average molecular weight is 410 g/mol. The number of benzene rings is 2. The van der Waals surface area contributed by atoms with Gasteiger partial charge in [-0.2, -0.15) is 0 Å². The summed E-state index contributed by atoms with van der Waals surface area (Å²) in [7, 11) is 0. The van der Waals surface area contributed by atoms with Crippen LogP contribution in [0.1, 0.15) is 11.1 Å². The molecule has 0 aromatic heterocycles. The third-order valence-corrected chi connectivity index (χ3v) is 5.81. The van der Waals surface area contributed by atoms with Crippen LogP contribution in [-0.4, -0.2) is 61.4 Å². The summed E-state index contributed by atoms with van der Waals surface area (Å²) < 4.78 is 21.9. The lowest BCUT2D eigenvalue weighted by molar-refractivity contribution is 0.0817. The summed E-state index contributed by atoms with van der Waals surface area (Å²) >= 11 is 0. The molecule has 0 saturated carbocycles. The van der Waals surface area contributed by atoms with Gasteiger partial charge in [-0.15, -0.1) is 0 Å². The third-order valence-electron chi connectivity index (χ3n) is 5.81. The van der Waals surface area contributed by atoms with Gasteiger partial charge >= 0.3 is 0 Å². The minimum absolute atomic E-state index is 0.204. The summed E-state index contributed by atoms with van der Waals surface area (Å²) in [5.41, 5.74) is 8.13. The van der Waals surface area contributed by atoms with E-state index in [4.69, 9.17) is 30.1 Å². The maximum absolute atomic E-state index is 7.76. The van der Waals surface area contributed by atoms with Crippen molar-refractivity contribution in [2.24, 2.45) is 5.73 Å². The molecule has 2 aromatic carbocycles. The quantitative estimate of drug-likeness (QED) is 0.554. The fourth-order valence-corrected chi connectivity index (χ4v) is 4.36. The predicted octanol–water partition coefficient (Wildman–Crippen LogP) is 1.81. The van der Waals surface area contributed by atoms with Crippen molar-refractivity contribution in [1.82, 2.24) is 9.80 Å². The molecule has 0 radical (unpaired) electrons. The number of hydrogen-bond donors (Lipinski definition) is 2. The molecule has 5 rings (SSSR count). The van der Waals surface area contributed by atoms with E-state index in [1.807, 2.05) is 12.1 Å². The number of ether oxygens (including phenoxy) is 4. The minimum Gasteiger partial charge on any atom is -0.454 e. The Balaban J connectivity index is 1.29. The molecule has 1 unspecified atom stereocenters. The highest BCUT2D eigenvalue weighted by Gasteiger charge is 2.28. The summed E-state index contributed by atoms with van der Waals surface area (Å²) in [6.07, 6.45) is 0.863. The lowest BCUT2D eigenvalue weighted by Crippen LogP contribution is -2.55. The van der Waals surface area contributed by atoms with Crippen molar-refractivity contribution in [2.75, 3.05) is 39.8 Å². The van der Waals surface area contributed by atoms with Gasteiger partial charge in [0.15, 0.2) is 23.0 Å². The second-order valence-corrected chi connectivity index (χ2v) is 7.96. The van der Waals surface area contributed by atoms with Crippen LogP contribution in [0, 0.1) is 5.41 Å². The van der Waals surface area contributed by atoms with Crippen LogP contribution >= 0.6 is 0 Å². The van der Waals surface area contributed by atoms with Crippen LogP contribution in [-0.2, 0) is 13.0 Å². The minimum atomic E-state index is 0.204. The first-order chi connectivity index (χ1) is 14.6. The molecule has 0 amide bonds. The number of amidine groups is 1. The average Bonchev–Trinajstić information content (AvgIpc) is 3.38. The van der Waals surface area contributed by atoms with Gasteiger partial charge in [0.25, 0.3) is 0 Å². The molecule has 8 nitrogen and oxygen atoms in total. The van der Waals surface area contributed by atoms with Gasteiger partial charge in [-0.25, -0.2) is 0 Å². The molecule has 3 aliphatic heterocycles. The Morgan fingerprint density at radius 3 is 2.23 bits per heavy atom. The summed E-state index contributed by atoms with van der Waals surface area (Å²) in [4.78, 5) is 4.76. The fourth-order valence-electron chi connectivity index (χ4n) is 4.36. The number of hydrogen-bond acceptors (Lipinski definition) is 7. The Kier molecular flexibility index (Phi) is 5.10. The highest BCUT2D eigenvalue weighted by atomic mass is 16.7. The molecule has 2 aromatic rings. The molecule has 8 heteroatoms. The van der Waals surface area contributed by atoms with Crippen LogP contribution in [0.4, 0.5) is 0 Å². The highest BCUT2D eigenvalue weighted by Crippen LogP contribution is 2.34. The topological polar surface area (TPSA) is 93.3 Å². The standard InChI is InChI=1S/C22H26N4O4/c23-22(24)12-26-6-5-25(10-16-2-4-19-21(9-16)30-14-28-19)11-17(26)7-15-1-3-18-20(8-15)29-13-27-18/h1-4,8-9,17H,5-7,10-14H2,(H3,23,24). The Labute approximate surface area is 175 Å². The van der Waals surface area contributed by atoms with Crippen molar-refractivity contribution in [3.05, 3.63) is 47.5 Å². The normalized spacial score (nSPS) is 20.5. The van der Waals surface area contributed by atoms with Crippen LogP contribution in [0.5, 0.6) is 23.0 Å². The zero-order valence-electron chi connectivity index (χ0n) is 16.8. The van der Waals surface area contributed by atoms with Crippen molar-refractivity contribution >= 4 is 5.84 Å². The van der Waals surface area contributed by atoms with E-state index in [-0.39, 0.29) is 18.7 Å². The summed E-state index contributed by atoms with van der Waals surface area (Å²) in [6.45, 7) is 4.62.